The number of sulfonamides is 1. The molecular formula is C13H18N2O2S. The molecule has 5 heteroatoms. The highest BCUT2D eigenvalue weighted by Gasteiger charge is 2.14. The first kappa shape index (κ1) is 14.6. The molecule has 3 N–H and O–H groups in total. The molecule has 0 bridgehead atoms. The van der Waals surface area contributed by atoms with Crippen LogP contribution in [-0.2, 0) is 10.0 Å². The number of nitrogens with two attached hydrogens (primary N) is 1. The number of anilines is 1. The predicted molar refractivity (Wildman–Crippen MR) is 74.6 cm³/mol. The Balaban J connectivity index is 2.97. The molecule has 0 heterocycles. The predicted octanol–water partition coefficient (Wildman–Crippen LogP) is 1.39. The van der Waals surface area contributed by atoms with E-state index < -0.39 is 10.0 Å². The zero-order valence-corrected chi connectivity index (χ0v) is 11.4. The van der Waals surface area contributed by atoms with E-state index in [4.69, 9.17) is 5.73 Å². The second-order valence-electron chi connectivity index (χ2n) is 4.33. The van der Waals surface area contributed by atoms with Crippen molar-refractivity contribution in [2.24, 2.45) is 11.7 Å². The topological polar surface area (TPSA) is 72.2 Å². The standard InChI is InChI=1S/C13H18N2O2S/c1-11(2)10-18(16,17)15-13-8-4-3-6-12(13)7-5-9-14/h3-4,6,8,11,15H,9-10,14H2,1-2H3. The average Bonchev–Trinajstić information content (AvgIpc) is 2.25. The van der Waals surface area contributed by atoms with Gasteiger partial charge < -0.3 is 5.73 Å². The Bertz CT molecular complexity index is 554. The van der Waals surface area contributed by atoms with Crippen LogP contribution in [0.25, 0.3) is 0 Å². The summed E-state index contributed by atoms with van der Waals surface area (Å²) < 4.78 is 26.3. The second-order valence-corrected chi connectivity index (χ2v) is 6.10. The van der Waals surface area contributed by atoms with Crippen LogP contribution in [0.2, 0.25) is 0 Å². The van der Waals surface area contributed by atoms with Crippen LogP contribution in [0.15, 0.2) is 24.3 Å². The van der Waals surface area contributed by atoms with Gasteiger partial charge in [0.05, 0.1) is 18.0 Å². The number of rotatable bonds is 4. The highest BCUT2D eigenvalue weighted by molar-refractivity contribution is 7.92. The van der Waals surface area contributed by atoms with Gasteiger partial charge >= 0.3 is 0 Å². The Morgan fingerprint density at radius 1 is 1.33 bits per heavy atom. The van der Waals surface area contributed by atoms with E-state index in [-0.39, 0.29) is 18.2 Å². The van der Waals surface area contributed by atoms with Crippen molar-refractivity contribution in [1.82, 2.24) is 0 Å². The van der Waals surface area contributed by atoms with Crippen LogP contribution in [0.5, 0.6) is 0 Å². The number of hydrogen-bond acceptors (Lipinski definition) is 3. The fraction of sp³-hybridized carbons (Fsp3) is 0.385. The van der Waals surface area contributed by atoms with Gasteiger partial charge in [-0.1, -0.05) is 37.8 Å². The summed E-state index contributed by atoms with van der Waals surface area (Å²) in [4.78, 5) is 0. The Labute approximate surface area is 109 Å². The van der Waals surface area contributed by atoms with Crippen molar-refractivity contribution in [3.05, 3.63) is 29.8 Å². The van der Waals surface area contributed by atoms with E-state index in [1.165, 1.54) is 0 Å². The number of para-hydroxylation sites is 1. The molecule has 0 fully saturated rings. The van der Waals surface area contributed by atoms with Gasteiger partial charge in [0.25, 0.3) is 0 Å². The smallest absolute Gasteiger partial charge is 0.233 e. The molecule has 0 aromatic heterocycles. The van der Waals surface area contributed by atoms with Gasteiger partial charge in [-0.15, -0.1) is 0 Å². The summed E-state index contributed by atoms with van der Waals surface area (Å²) in [7, 11) is -3.33. The normalized spacial score (nSPS) is 10.9. The fourth-order valence-corrected chi connectivity index (χ4v) is 2.95. The molecule has 0 aliphatic rings. The second kappa shape index (κ2) is 6.43. The molecule has 0 atom stereocenters. The quantitative estimate of drug-likeness (QED) is 0.809. The zero-order chi connectivity index (χ0) is 13.6. The molecule has 1 rings (SSSR count). The largest absolute Gasteiger partial charge is 0.320 e. The Morgan fingerprint density at radius 2 is 2.00 bits per heavy atom. The molecule has 0 saturated heterocycles. The summed E-state index contributed by atoms with van der Waals surface area (Å²) in [6.07, 6.45) is 0. The molecule has 0 aliphatic carbocycles. The van der Waals surface area contributed by atoms with E-state index in [9.17, 15) is 8.42 Å². The Kier molecular flexibility index (Phi) is 5.20. The first-order valence-electron chi connectivity index (χ1n) is 5.73. The van der Waals surface area contributed by atoms with Crippen molar-refractivity contribution in [1.29, 1.82) is 0 Å². The number of benzene rings is 1. The summed E-state index contributed by atoms with van der Waals surface area (Å²) in [6.45, 7) is 3.96. The first-order chi connectivity index (χ1) is 8.44. The lowest BCUT2D eigenvalue weighted by molar-refractivity contribution is 0.587. The highest BCUT2D eigenvalue weighted by Crippen LogP contribution is 2.16. The van der Waals surface area contributed by atoms with Crippen molar-refractivity contribution in [2.45, 2.75) is 13.8 Å². The molecule has 0 aliphatic heterocycles. The molecule has 0 radical (unpaired) electrons. The van der Waals surface area contributed by atoms with Crippen molar-refractivity contribution >= 4 is 15.7 Å². The van der Waals surface area contributed by atoms with E-state index in [1.54, 1.807) is 24.3 Å². The minimum atomic E-state index is -3.33. The van der Waals surface area contributed by atoms with E-state index in [1.807, 2.05) is 13.8 Å². The lowest BCUT2D eigenvalue weighted by Gasteiger charge is -2.11. The molecular weight excluding hydrogens is 248 g/mol. The monoisotopic (exact) mass is 266 g/mol. The van der Waals surface area contributed by atoms with Crippen LogP contribution in [0.1, 0.15) is 19.4 Å². The maximum Gasteiger partial charge on any atom is 0.233 e. The average molecular weight is 266 g/mol. The molecule has 18 heavy (non-hydrogen) atoms. The summed E-state index contributed by atoms with van der Waals surface area (Å²) in [6, 6.07) is 7.02. The Hall–Kier alpha value is -1.51. The third kappa shape index (κ3) is 4.78. The van der Waals surface area contributed by atoms with Crippen molar-refractivity contribution in [3.63, 3.8) is 0 Å². The molecule has 0 spiro atoms. The molecule has 4 nitrogen and oxygen atoms in total. The first-order valence-corrected chi connectivity index (χ1v) is 7.38. The van der Waals surface area contributed by atoms with Gasteiger partial charge in [-0.25, -0.2) is 8.42 Å². The van der Waals surface area contributed by atoms with Gasteiger partial charge in [0, 0.05) is 5.56 Å². The minimum absolute atomic E-state index is 0.0739. The van der Waals surface area contributed by atoms with Crippen LogP contribution in [0.4, 0.5) is 5.69 Å². The summed E-state index contributed by atoms with van der Waals surface area (Å²) >= 11 is 0. The van der Waals surface area contributed by atoms with Crippen LogP contribution in [-0.4, -0.2) is 20.7 Å². The molecule has 1 aromatic rings. The van der Waals surface area contributed by atoms with Gasteiger partial charge in [-0.05, 0) is 18.1 Å². The zero-order valence-electron chi connectivity index (χ0n) is 10.6. The molecule has 0 amide bonds. The lowest BCUT2D eigenvalue weighted by atomic mass is 10.2. The van der Waals surface area contributed by atoms with E-state index in [2.05, 4.69) is 16.6 Å². The van der Waals surface area contributed by atoms with Crippen LogP contribution >= 0.6 is 0 Å². The van der Waals surface area contributed by atoms with Crippen molar-refractivity contribution < 1.29 is 8.42 Å². The fourth-order valence-electron chi connectivity index (χ4n) is 1.48. The van der Waals surface area contributed by atoms with Crippen LogP contribution in [0, 0.1) is 17.8 Å². The molecule has 0 saturated carbocycles. The van der Waals surface area contributed by atoms with Gasteiger partial charge in [0.15, 0.2) is 0 Å². The highest BCUT2D eigenvalue weighted by atomic mass is 32.2. The number of hydrogen-bond donors (Lipinski definition) is 2. The number of nitrogens with one attached hydrogen (secondary N) is 1. The summed E-state index contributed by atoms with van der Waals surface area (Å²) in [5.41, 5.74) is 6.44. The van der Waals surface area contributed by atoms with Gasteiger partial charge in [-0.3, -0.25) is 4.72 Å². The Morgan fingerprint density at radius 3 is 2.61 bits per heavy atom. The molecule has 98 valence electrons. The van der Waals surface area contributed by atoms with Gasteiger partial charge in [0.2, 0.25) is 10.0 Å². The van der Waals surface area contributed by atoms with E-state index in [0.29, 0.717) is 11.3 Å². The molecule has 1 aromatic carbocycles. The minimum Gasteiger partial charge on any atom is -0.320 e. The SMILES string of the molecule is CC(C)CS(=O)(=O)Nc1ccccc1C#CCN. The van der Waals surface area contributed by atoms with Gasteiger partial charge in [0.1, 0.15) is 0 Å². The maximum atomic E-state index is 11.9. The lowest BCUT2D eigenvalue weighted by Crippen LogP contribution is -2.20. The summed E-state index contributed by atoms with van der Waals surface area (Å²) in [5.74, 6) is 5.72. The van der Waals surface area contributed by atoms with E-state index in [0.717, 1.165) is 0 Å². The van der Waals surface area contributed by atoms with Crippen LogP contribution in [0.3, 0.4) is 0 Å². The van der Waals surface area contributed by atoms with E-state index >= 15 is 0 Å². The third-order valence-corrected chi connectivity index (χ3v) is 3.71. The molecule has 0 unspecified atom stereocenters. The van der Waals surface area contributed by atoms with Crippen molar-refractivity contribution in [3.8, 4) is 11.8 Å². The summed E-state index contributed by atoms with van der Waals surface area (Å²) in [5, 5.41) is 0. The third-order valence-electron chi connectivity index (χ3n) is 2.07. The maximum absolute atomic E-state index is 11.9. The van der Waals surface area contributed by atoms with Crippen molar-refractivity contribution in [2.75, 3.05) is 17.0 Å². The van der Waals surface area contributed by atoms with Gasteiger partial charge in [-0.2, -0.15) is 0 Å². The van der Waals surface area contributed by atoms with Crippen LogP contribution < -0.4 is 10.5 Å².